The molecule has 1 saturated carbocycles. The highest BCUT2D eigenvalue weighted by atomic mass is 19.1. The molecular weight excluding hydrogens is 285 g/mol. The fourth-order valence-electron chi connectivity index (χ4n) is 2.79. The molecule has 0 radical (unpaired) electrons. The van der Waals surface area contributed by atoms with Crippen molar-refractivity contribution in [3.05, 3.63) is 35.6 Å². The van der Waals surface area contributed by atoms with E-state index in [1.54, 1.807) is 0 Å². The van der Waals surface area contributed by atoms with Crippen LogP contribution in [0.25, 0.3) is 0 Å². The molecule has 0 heterocycles. The van der Waals surface area contributed by atoms with Crippen LogP contribution >= 0.6 is 0 Å². The van der Waals surface area contributed by atoms with E-state index >= 15 is 0 Å². The molecule has 122 valence electrons. The molecule has 1 fully saturated rings. The third kappa shape index (κ3) is 5.39. The van der Waals surface area contributed by atoms with Gasteiger partial charge in [-0.05, 0) is 36.5 Å². The summed E-state index contributed by atoms with van der Waals surface area (Å²) in [4.78, 5) is 11.7. The molecule has 0 saturated heterocycles. The summed E-state index contributed by atoms with van der Waals surface area (Å²) in [5.74, 6) is 0.0663. The average molecular weight is 309 g/mol. The largest absolute Gasteiger partial charge is 0.387 e. The molecule has 1 aromatic carbocycles. The molecule has 5 heteroatoms. The minimum absolute atomic E-state index is 0.0214. The van der Waals surface area contributed by atoms with Crippen LogP contribution in [0.3, 0.4) is 0 Å². The van der Waals surface area contributed by atoms with Crippen molar-refractivity contribution in [2.24, 2.45) is 5.92 Å². The molecule has 2 N–H and O–H groups in total. The number of carbonyl (C=O) groups excluding carboxylic acids is 1. The van der Waals surface area contributed by atoms with E-state index in [1.807, 2.05) is 0 Å². The lowest BCUT2D eigenvalue weighted by Gasteiger charge is -2.26. The van der Waals surface area contributed by atoms with Crippen LogP contribution in [0.5, 0.6) is 0 Å². The van der Waals surface area contributed by atoms with Gasteiger partial charge in [-0.15, -0.1) is 0 Å². The van der Waals surface area contributed by atoms with Gasteiger partial charge in [0, 0.05) is 6.54 Å². The molecule has 1 aromatic rings. The molecule has 0 aliphatic heterocycles. The predicted octanol–water partition coefficient (Wildman–Crippen LogP) is 2.57. The van der Waals surface area contributed by atoms with E-state index in [0.29, 0.717) is 11.5 Å². The molecule has 1 amide bonds. The fraction of sp³-hybridized carbons (Fsp3) is 0.588. The second-order valence-corrected chi connectivity index (χ2v) is 6.08. The highest BCUT2D eigenvalue weighted by Crippen LogP contribution is 2.25. The van der Waals surface area contributed by atoms with E-state index in [2.05, 4.69) is 12.2 Å². The summed E-state index contributed by atoms with van der Waals surface area (Å²) in [7, 11) is 0. The molecule has 0 aromatic heterocycles. The Balaban J connectivity index is 1.67. The number of ether oxygens (including phenoxy) is 1. The first-order valence-corrected chi connectivity index (χ1v) is 7.86. The number of amides is 1. The van der Waals surface area contributed by atoms with Crippen molar-refractivity contribution in [2.45, 2.75) is 44.8 Å². The minimum Gasteiger partial charge on any atom is -0.387 e. The van der Waals surface area contributed by atoms with Gasteiger partial charge in [0.25, 0.3) is 0 Å². The molecule has 0 bridgehead atoms. The summed E-state index contributed by atoms with van der Waals surface area (Å²) < 4.78 is 18.4. The molecule has 1 aliphatic rings. The number of rotatable bonds is 6. The number of aliphatic hydroxyl groups is 1. The van der Waals surface area contributed by atoms with Crippen molar-refractivity contribution in [1.29, 1.82) is 0 Å². The standard InChI is InChI=1S/C17H24FNO3/c1-12-3-2-4-15(9-12)22-11-17(21)19-10-16(20)13-5-7-14(18)8-6-13/h5-8,12,15-16,20H,2-4,9-11H2,1H3,(H,19,21). The van der Waals surface area contributed by atoms with Crippen LogP contribution in [0.15, 0.2) is 24.3 Å². The normalized spacial score (nSPS) is 23.0. The van der Waals surface area contributed by atoms with Crippen LogP contribution in [-0.2, 0) is 9.53 Å². The molecular formula is C17H24FNO3. The lowest BCUT2D eigenvalue weighted by Crippen LogP contribution is -2.33. The van der Waals surface area contributed by atoms with E-state index in [4.69, 9.17) is 4.74 Å². The maximum Gasteiger partial charge on any atom is 0.246 e. The van der Waals surface area contributed by atoms with Crippen molar-refractivity contribution in [3.8, 4) is 0 Å². The average Bonchev–Trinajstić information content (AvgIpc) is 2.51. The van der Waals surface area contributed by atoms with Gasteiger partial charge in [-0.3, -0.25) is 4.79 Å². The number of aliphatic hydroxyl groups excluding tert-OH is 1. The number of hydrogen-bond acceptors (Lipinski definition) is 3. The summed E-state index contributed by atoms with van der Waals surface area (Å²) in [6.07, 6.45) is 3.71. The number of nitrogens with one attached hydrogen (secondary N) is 1. The Bertz CT molecular complexity index is 477. The Labute approximate surface area is 130 Å². The molecule has 3 atom stereocenters. The van der Waals surface area contributed by atoms with Crippen molar-refractivity contribution in [1.82, 2.24) is 5.32 Å². The van der Waals surface area contributed by atoms with E-state index in [9.17, 15) is 14.3 Å². The van der Waals surface area contributed by atoms with Gasteiger partial charge in [-0.2, -0.15) is 0 Å². The summed E-state index contributed by atoms with van der Waals surface area (Å²) in [6.45, 7) is 2.32. The van der Waals surface area contributed by atoms with E-state index in [0.717, 1.165) is 19.3 Å². The first kappa shape index (κ1) is 16.9. The number of halogens is 1. The fourth-order valence-corrected chi connectivity index (χ4v) is 2.79. The summed E-state index contributed by atoms with van der Waals surface area (Å²) in [5, 5.41) is 12.6. The molecule has 22 heavy (non-hydrogen) atoms. The summed E-state index contributed by atoms with van der Waals surface area (Å²) >= 11 is 0. The summed E-state index contributed by atoms with van der Waals surface area (Å²) in [6, 6.07) is 5.58. The zero-order valence-electron chi connectivity index (χ0n) is 12.9. The number of hydrogen-bond donors (Lipinski definition) is 2. The SMILES string of the molecule is CC1CCCC(OCC(=O)NCC(O)c2ccc(F)cc2)C1. The van der Waals surface area contributed by atoms with Gasteiger partial charge >= 0.3 is 0 Å². The Morgan fingerprint density at radius 2 is 2.14 bits per heavy atom. The molecule has 0 spiro atoms. The van der Waals surface area contributed by atoms with Gasteiger partial charge in [-0.25, -0.2) is 4.39 Å². The molecule has 2 rings (SSSR count). The first-order valence-electron chi connectivity index (χ1n) is 7.86. The third-order valence-electron chi connectivity index (χ3n) is 4.09. The Morgan fingerprint density at radius 3 is 2.82 bits per heavy atom. The van der Waals surface area contributed by atoms with Crippen LogP contribution in [0.2, 0.25) is 0 Å². The second kappa shape index (κ2) is 8.25. The topological polar surface area (TPSA) is 58.6 Å². The van der Waals surface area contributed by atoms with Crippen LogP contribution in [0.4, 0.5) is 4.39 Å². The highest BCUT2D eigenvalue weighted by Gasteiger charge is 2.20. The second-order valence-electron chi connectivity index (χ2n) is 6.08. The smallest absolute Gasteiger partial charge is 0.246 e. The predicted molar refractivity (Wildman–Crippen MR) is 81.7 cm³/mol. The van der Waals surface area contributed by atoms with Crippen LogP contribution in [0.1, 0.15) is 44.3 Å². The van der Waals surface area contributed by atoms with Gasteiger partial charge in [0.05, 0.1) is 12.2 Å². The quantitative estimate of drug-likeness (QED) is 0.849. The Kier molecular flexibility index (Phi) is 6.34. The van der Waals surface area contributed by atoms with Crippen LogP contribution in [-0.4, -0.2) is 30.3 Å². The monoisotopic (exact) mass is 309 g/mol. The molecule has 4 nitrogen and oxygen atoms in total. The number of carbonyl (C=O) groups is 1. The highest BCUT2D eigenvalue weighted by molar-refractivity contribution is 5.77. The van der Waals surface area contributed by atoms with E-state index in [1.165, 1.54) is 30.7 Å². The third-order valence-corrected chi connectivity index (χ3v) is 4.09. The maximum absolute atomic E-state index is 12.8. The van der Waals surface area contributed by atoms with Crippen molar-refractivity contribution in [2.75, 3.05) is 13.2 Å². The van der Waals surface area contributed by atoms with Gasteiger partial charge in [-0.1, -0.05) is 31.9 Å². The summed E-state index contributed by atoms with van der Waals surface area (Å²) in [5.41, 5.74) is 0.573. The van der Waals surface area contributed by atoms with Crippen LogP contribution < -0.4 is 5.32 Å². The van der Waals surface area contributed by atoms with Gasteiger partial charge in [0.1, 0.15) is 12.4 Å². The van der Waals surface area contributed by atoms with Crippen molar-refractivity contribution in [3.63, 3.8) is 0 Å². The van der Waals surface area contributed by atoms with Gasteiger partial charge < -0.3 is 15.2 Å². The molecule has 1 aliphatic carbocycles. The Morgan fingerprint density at radius 1 is 1.41 bits per heavy atom. The Hall–Kier alpha value is -1.46. The van der Waals surface area contributed by atoms with E-state index < -0.39 is 6.10 Å². The van der Waals surface area contributed by atoms with Crippen LogP contribution in [0, 0.1) is 11.7 Å². The lowest BCUT2D eigenvalue weighted by atomic mass is 9.89. The molecule has 3 unspecified atom stereocenters. The number of benzene rings is 1. The van der Waals surface area contributed by atoms with E-state index in [-0.39, 0.29) is 31.0 Å². The zero-order chi connectivity index (χ0) is 15.9. The van der Waals surface area contributed by atoms with Gasteiger partial charge in [0.15, 0.2) is 0 Å². The lowest BCUT2D eigenvalue weighted by molar-refractivity contribution is -0.129. The van der Waals surface area contributed by atoms with Crippen molar-refractivity contribution >= 4 is 5.91 Å². The maximum atomic E-state index is 12.8. The van der Waals surface area contributed by atoms with Crippen molar-refractivity contribution < 1.29 is 19.0 Å². The zero-order valence-corrected chi connectivity index (χ0v) is 12.9. The minimum atomic E-state index is -0.848. The van der Waals surface area contributed by atoms with Gasteiger partial charge in [0.2, 0.25) is 5.91 Å². The first-order chi connectivity index (χ1) is 10.5.